The van der Waals surface area contributed by atoms with Crippen molar-refractivity contribution in [3.05, 3.63) is 30.1 Å². The maximum Gasteiger partial charge on any atom is 0.0459 e. The molecule has 1 aromatic rings. The van der Waals surface area contributed by atoms with E-state index in [1.54, 1.807) is 0 Å². The molecule has 4 nitrogen and oxygen atoms in total. The molecular formula is C14H24N4. The summed E-state index contributed by atoms with van der Waals surface area (Å²) in [5.41, 5.74) is 7.44. The van der Waals surface area contributed by atoms with Crippen LogP contribution in [-0.2, 0) is 6.54 Å². The second kappa shape index (κ2) is 5.78. The zero-order chi connectivity index (χ0) is 13.0. The van der Waals surface area contributed by atoms with Crippen LogP contribution in [0.2, 0.25) is 0 Å². The molecule has 4 heteroatoms. The molecule has 1 atom stereocenters. The Kier molecular flexibility index (Phi) is 4.32. The minimum atomic E-state index is 0.114. The highest BCUT2D eigenvalue weighted by molar-refractivity contribution is 5.09. The lowest BCUT2D eigenvalue weighted by atomic mass is 9.87. The van der Waals surface area contributed by atoms with Crippen LogP contribution in [0.15, 0.2) is 24.5 Å². The highest BCUT2D eigenvalue weighted by Gasteiger charge is 2.36. The number of pyridine rings is 1. The molecule has 0 aromatic carbocycles. The molecule has 0 bridgehead atoms. The van der Waals surface area contributed by atoms with Crippen molar-refractivity contribution in [3.63, 3.8) is 0 Å². The summed E-state index contributed by atoms with van der Waals surface area (Å²) in [6.07, 6.45) is 6.17. The molecule has 1 aliphatic rings. The Balaban J connectivity index is 2.07. The van der Waals surface area contributed by atoms with Gasteiger partial charge in [0.1, 0.15) is 0 Å². The predicted octanol–water partition coefficient (Wildman–Crippen LogP) is 0.937. The molecule has 0 aliphatic carbocycles. The van der Waals surface area contributed by atoms with Crippen molar-refractivity contribution in [2.24, 2.45) is 5.73 Å². The van der Waals surface area contributed by atoms with Crippen LogP contribution in [0.1, 0.15) is 18.4 Å². The van der Waals surface area contributed by atoms with Gasteiger partial charge in [0.05, 0.1) is 0 Å². The lowest BCUT2D eigenvalue weighted by Gasteiger charge is -2.47. The van der Waals surface area contributed by atoms with Crippen LogP contribution < -0.4 is 5.73 Å². The molecule has 0 saturated carbocycles. The number of likely N-dealkylation sites (N-methyl/N-ethyl adjacent to an activating group) is 2. The van der Waals surface area contributed by atoms with Gasteiger partial charge in [-0.2, -0.15) is 0 Å². The Labute approximate surface area is 110 Å². The molecular weight excluding hydrogens is 224 g/mol. The third kappa shape index (κ3) is 2.88. The SMILES string of the molecule is CN1CCCC(CN)(N(C)Cc2cccnc2)C1. The number of hydrogen-bond donors (Lipinski definition) is 1. The smallest absolute Gasteiger partial charge is 0.0459 e. The van der Waals surface area contributed by atoms with Crippen LogP contribution in [0, 0.1) is 0 Å². The molecule has 0 amide bonds. The second-order valence-electron chi connectivity index (χ2n) is 5.49. The Morgan fingerprint density at radius 2 is 2.39 bits per heavy atom. The van der Waals surface area contributed by atoms with Crippen LogP contribution in [0.25, 0.3) is 0 Å². The van der Waals surface area contributed by atoms with Gasteiger partial charge in [0.25, 0.3) is 0 Å². The number of hydrogen-bond acceptors (Lipinski definition) is 4. The number of aromatic nitrogens is 1. The van der Waals surface area contributed by atoms with Gasteiger partial charge in [-0.05, 0) is 45.1 Å². The Bertz CT molecular complexity index is 367. The molecule has 100 valence electrons. The van der Waals surface area contributed by atoms with Gasteiger partial charge in [-0.3, -0.25) is 9.88 Å². The number of nitrogens with zero attached hydrogens (tertiary/aromatic N) is 3. The molecule has 1 aliphatic heterocycles. The standard InChI is InChI=1S/C14H24N4/c1-17-8-4-6-14(11-15,12-17)18(2)10-13-5-3-7-16-9-13/h3,5,7,9H,4,6,8,10-12,15H2,1-2H3. The summed E-state index contributed by atoms with van der Waals surface area (Å²) in [6, 6.07) is 4.12. The van der Waals surface area contributed by atoms with Crippen LogP contribution in [-0.4, -0.2) is 54.1 Å². The summed E-state index contributed by atoms with van der Waals surface area (Å²) >= 11 is 0. The van der Waals surface area contributed by atoms with E-state index in [4.69, 9.17) is 5.73 Å². The fraction of sp³-hybridized carbons (Fsp3) is 0.643. The lowest BCUT2D eigenvalue weighted by Crippen LogP contribution is -2.60. The van der Waals surface area contributed by atoms with E-state index in [0.717, 1.165) is 13.1 Å². The van der Waals surface area contributed by atoms with Gasteiger partial charge in [0.2, 0.25) is 0 Å². The third-order valence-electron chi connectivity index (χ3n) is 4.08. The molecule has 1 fully saturated rings. The first kappa shape index (κ1) is 13.5. The van der Waals surface area contributed by atoms with Gasteiger partial charge in [-0.15, -0.1) is 0 Å². The van der Waals surface area contributed by atoms with Crippen LogP contribution in [0.4, 0.5) is 0 Å². The van der Waals surface area contributed by atoms with Crippen molar-refractivity contribution in [3.8, 4) is 0 Å². The average molecular weight is 248 g/mol. The predicted molar refractivity (Wildman–Crippen MR) is 74.2 cm³/mol. The lowest BCUT2D eigenvalue weighted by molar-refractivity contribution is 0.0395. The number of piperidine rings is 1. The summed E-state index contributed by atoms with van der Waals surface area (Å²) in [5, 5.41) is 0. The molecule has 2 heterocycles. The molecule has 0 spiro atoms. The van der Waals surface area contributed by atoms with Crippen molar-refractivity contribution in [1.82, 2.24) is 14.8 Å². The van der Waals surface area contributed by atoms with E-state index in [0.29, 0.717) is 6.54 Å². The largest absolute Gasteiger partial charge is 0.329 e. The second-order valence-corrected chi connectivity index (χ2v) is 5.49. The van der Waals surface area contributed by atoms with E-state index in [2.05, 4.69) is 34.9 Å². The van der Waals surface area contributed by atoms with Crippen molar-refractivity contribution in [2.45, 2.75) is 24.9 Å². The van der Waals surface area contributed by atoms with Gasteiger partial charge in [0, 0.05) is 37.6 Å². The van der Waals surface area contributed by atoms with Crippen molar-refractivity contribution in [2.75, 3.05) is 33.7 Å². The topological polar surface area (TPSA) is 45.4 Å². The first-order valence-electron chi connectivity index (χ1n) is 6.65. The molecule has 2 N–H and O–H groups in total. The minimum absolute atomic E-state index is 0.114. The van der Waals surface area contributed by atoms with E-state index in [-0.39, 0.29) is 5.54 Å². The molecule has 1 aromatic heterocycles. The fourth-order valence-corrected chi connectivity index (χ4v) is 2.91. The van der Waals surface area contributed by atoms with E-state index < -0.39 is 0 Å². The van der Waals surface area contributed by atoms with Crippen molar-refractivity contribution in [1.29, 1.82) is 0 Å². The third-order valence-corrected chi connectivity index (χ3v) is 4.08. The van der Waals surface area contributed by atoms with Crippen molar-refractivity contribution < 1.29 is 0 Å². The van der Waals surface area contributed by atoms with Gasteiger partial charge < -0.3 is 10.6 Å². The normalized spacial score (nSPS) is 25.6. The van der Waals surface area contributed by atoms with Crippen LogP contribution >= 0.6 is 0 Å². The van der Waals surface area contributed by atoms with Gasteiger partial charge in [-0.25, -0.2) is 0 Å². The van der Waals surface area contributed by atoms with E-state index >= 15 is 0 Å². The molecule has 1 saturated heterocycles. The number of likely N-dealkylation sites (tertiary alicyclic amines) is 1. The average Bonchev–Trinajstić information content (AvgIpc) is 2.39. The maximum atomic E-state index is 6.07. The number of nitrogens with two attached hydrogens (primary N) is 1. The van der Waals surface area contributed by atoms with E-state index in [1.807, 2.05) is 18.5 Å². The molecule has 18 heavy (non-hydrogen) atoms. The molecule has 0 radical (unpaired) electrons. The van der Waals surface area contributed by atoms with Gasteiger partial charge in [-0.1, -0.05) is 6.07 Å². The maximum absolute atomic E-state index is 6.07. The van der Waals surface area contributed by atoms with Crippen LogP contribution in [0.5, 0.6) is 0 Å². The first-order chi connectivity index (χ1) is 8.66. The highest BCUT2D eigenvalue weighted by atomic mass is 15.3. The molecule has 1 unspecified atom stereocenters. The Morgan fingerprint density at radius 1 is 1.56 bits per heavy atom. The summed E-state index contributed by atoms with van der Waals surface area (Å²) in [5.74, 6) is 0. The van der Waals surface area contributed by atoms with Gasteiger partial charge in [0.15, 0.2) is 0 Å². The first-order valence-corrected chi connectivity index (χ1v) is 6.65. The summed E-state index contributed by atoms with van der Waals surface area (Å²) < 4.78 is 0. The Hall–Kier alpha value is -0.970. The zero-order valence-corrected chi connectivity index (χ0v) is 11.5. The van der Waals surface area contributed by atoms with E-state index in [9.17, 15) is 0 Å². The van der Waals surface area contributed by atoms with Crippen molar-refractivity contribution >= 4 is 0 Å². The highest BCUT2D eigenvalue weighted by Crippen LogP contribution is 2.26. The monoisotopic (exact) mass is 248 g/mol. The van der Waals surface area contributed by atoms with Gasteiger partial charge >= 0.3 is 0 Å². The minimum Gasteiger partial charge on any atom is -0.329 e. The fourth-order valence-electron chi connectivity index (χ4n) is 2.91. The summed E-state index contributed by atoms with van der Waals surface area (Å²) in [4.78, 5) is 8.97. The zero-order valence-electron chi connectivity index (χ0n) is 11.5. The molecule has 2 rings (SSSR count). The van der Waals surface area contributed by atoms with E-state index in [1.165, 1.54) is 24.9 Å². The van der Waals surface area contributed by atoms with Crippen LogP contribution in [0.3, 0.4) is 0 Å². The summed E-state index contributed by atoms with van der Waals surface area (Å²) in [6.45, 7) is 3.87. The number of rotatable bonds is 4. The summed E-state index contributed by atoms with van der Waals surface area (Å²) in [7, 11) is 4.36. The quantitative estimate of drug-likeness (QED) is 0.861. The Morgan fingerprint density at radius 3 is 3.00 bits per heavy atom.